The first kappa shape index (κ1) is 30.9. The molecule has 0 aliphatic carbocycles. The Bertz CT molecular complexity index is 1780. The number of anilines is 3. The minimum Gasteiger partial charge on any atom is -0.378 e. The standard InChI is InChI=1S/C35H30ClFN4O5/c36-25-10-8-23(9-11-25)21-41(31(42)22-40-30-7-2-1-6-29(30)33(43)35(40)45)32(24-4-3-5-26(37)20-24)34(44)38-27-12-14-28(15-13-27)39-16-18-46-19-17-39/h1-15,20,32H,16-19,21-22H2,(H,38,44). The highest BCUT2D eigenvalue weighted by atomic mass is 35.5. The van der Waals surface area contributed by atoms with Crippen LogP contribution in [0.3, 0.4) is 0 Å². The molecule has 1 N–H and O–H groups in total. The van der Waals surface area contributed by atoms with Crippen LogP contribution in [-0.2, 0) is 25.7 Å². The third-order valence-corrected chi connectivity index (χ3v) is 8.25. The summed E-state index contributed by atoms with van der Waals surface area (Å²) in [6, 6.07) is 24.7. The second kappa shape index (κ2) is 13.5. The van der Waals surface area contributed by atoms with Crippen molar-refractivity contribution in [2.45, 2.75) is 12.6 Å². The number of morpholine rings is 1. The molecule has 0 radical (unpaired) electrons. The van der Waals surface area contributed by atoms with Crippen molar-refractivity contribution in [2.24, 2.45) is 0 Å². The maximum atomic E-state index is 14.6. The van der Waals surface area contributed by atoms with Crippen LogP contribution < -0.4 is 15.1 Å². The number of nitrogens with one attached hydrogen (secondary N) is 1. The zero-order chi connectivity index (χ0) is 32.2. The van der Waals surface area contributed by atoms with Gasteiger partial charge in [-0.3, -0.25) is 24.1 Å². The van der Waals surface area contributed by atoms with Crippen LogP contribution in [0.15, 0.2) is 97.1 Å². The molecule has 6 rings (SSSR count). The van der Waals surface area contributed by atoms with Crippen molar-refractivity contribution in [3.8, 4) is 0 Å². The summed E-state index contributed by atoms with van der Waals surface area (Å²) >= 11 is 6.11. The lowest BCUT2D eigenvalue weighted by molar-refractivity contribution is -0.139. The number of carbonyl (C=O) groups excluding carboxylic acids is 4. The number of Topliss-reactive ketones (excluding diaryl/α,β-unsaturated/α-hetero) is 1. The van der Waals surface area contributed by atoms with Crippen LogP contribution in [0.2, 0.25) is 5.02 Å². The molecule has 1 saturated heterocycles. The zero-order valence-corrected chi connectivity index (χ0v) is 25.5. The predicted molar refractivity (Wildman–Crippen MR) is 172 cm³/mol. The van der Waals surface area contributed by atoms with Gasteiger partial charge in [-0.05, 0) is 71.8 Å². The lowest BCUT2D eigenvalue weighted by Gasteiger charge is -2.33. The summed E-state index contributed by atoms with van der Waals surface area (Å²) in [6.45, 7) is 2.19. The number of ketones is 1. The Morgan fingerprint density at radius 3 is 2.35 bits per heavy atom. The van der Waals surface area contributed by atoms with Crippen molar-refractivity contribution in [2.75, 3.05) is 48.0 Å². The van der Waals surface area contributed by atoms with Gasteiger partial charge in [0.2, 0.25) is 5.91 Å². The largest absolute Gasteiger partial charge is 0.378 e. The van der Waals surface area contributed by atoms with Crippen LogP contribution in [0.5, 0.6) is 0 Å². The first-order valence-corrected chi connectivity index (χ1v) is 15.1. The van der Waals surface area contributed by atoms with E-state index < -0.39 is 41.9 Å². The third kappa shape index (κ3) is 6.63. The summed E-state index contributed by atoms with van der Waals surface area (Å²) in [6.07, 6.45) is 0. The Balaban J connectivity index is 1.34. The molecule has 2 aliphatic heterocycles. The van der Waals surface area contributed by atoms with Gasteiger partial charge in [-0.1, -0.05) is 48.0 Å². The Hall–Kier alpha value is -5.06. The van der Waals surface area contributed by atoms with Gasteiger partial charge >= 0.3 is 0 Å². The van der Waals surface area contributed by atoms with Gasteiger partial charge < -0.3 is 19.9 Å². The highest BCUT2D eigenvalue weighted by molar-refractivity contribution is 6.52. The van der Waals surface area contributed by atoms with Gasteiger partial charge in [0.25, 0.3) is 17.6 Å². The molecule has 1 atom stereocenters. The molecule has 0 bridgehead atoms. The molecule has 46 heavy (non-hydrogen) atoms. The number of fused-ring (bicyclic) bond motifs is 1. The molecule has 2 aliphatic rings. The SMILES string of the molecule is O=C1C(=O)N(CC(=O)N(Cc2ccc(Cl)cc2)C(C(=O)Nc2ccc(N3CCOCC3)cc2)c2cccc(F)c2)c2ccccc21. The van der Waals surface area contributed by atoms with Crippen molar-refractivity contribution in [1.29, 1.82) is 0 Å². The maximum Gasteiger partial charge on any atom is 0.299 e. The Morgan fingerprint density at radius 2 is 1.63 bits per heavy atom. The van der Waals surface area contributed by atoms with E-state index in [9.17, 15) is 23.6 Å². The first-order valence-electron chi connectivity index (χ1n) is 14.8. The molecular formula is C35H30ClFN4O5. The van der Waals surface area contributed by atoms with Crippen molar-refractivity contribution < 1.29 is 28.3 Å². The predicted octanol–water partition coefficient (Wildman–Crippen LogP) is 5.25. The van der Waals surface area contributed by atoms with E-state index in [1.165, 1.54) is 29.2 Å². The molecule has 1 fully saturated rings. The molecule has 11 heteroatoms. The number of para-hydroxylation sites is 1. The van der Waals surface area contributed by atoms with Crippen molar-refractivity contribution in [3.05, 3.63) is 125 Å². The van der Waals surface area contributed by atoms with Crippen LogP contribution in [0.1, 0.15) is 27.5 Å². The number of hydrogen-bond donors (Lipinski definition) is 1. The Kier molecular flexibility index (Phi) is 9.09. The van der Waals surface area contributed by atoms with Crippen LogP contribution in [-0.4, -0.2) is 61.3 Å². The third-order valence-electron chi connectivity index (χ3n) is 7.99. The highest BCUT2D eigenvalue weighted by Gasteiger charge is 2.39. The molecule has 234 valence electrons. The fourth-order valence-electron chi connectivity index (χ4n) is 5.68. The summed E-state index contributed by atoms with van der Waals surface area (Å²) in [5, 5.41) is 3.38. The molecular weight excluding hydrogens is 611 g/mol. The molecule has 2 heterocycles. The number of halogens is 2. The zero-order valence-electron chi connectivity index (χ0n) is 24.7. The van der Waals surface area contributed by atoms with Gasteiger partial charge in [0.1, 0.15) is 18.4 Å². The second-order valence-corrected chi connectivity index (χ2v) is 11.4. The van der Waals surface area contributed by atoms with E-state index in [4.69, 9.17) is 16.3 Å². The van der Waals surface area contributed by atoms with Gasteiger partial charge in [-0.2, -0.15) is 0 Å². The molecule has 4 aromatic rings. The lowest BCUT2D eigenvalue weighted by Crippen LogP contribution is -2.46. The lowest BCUT2D eigenvalue weighted by atomic mass is 10.0. The quantitative estimate of drug-likeness (QED) is 0.251. The molecule has 1 unspecified atom stereocenters. The summed E-state index contributed by atoms with van der Waals surface area (Å²) < 4.78 is 20.0. The van der Waals surface area contributed by atoms with Crippen LogP contribution in [0, 0.1) is 5.82 Å². The molecule has 0 saturated carbocycles. The van der Waals surface area contributed by atoms with E-state index in [-0.39, 0.29) is 17.7 Å². The van der Waals surface area contributed by atoms with Crippen LogP contribution in [0.25, 0.3) is 0 Å². The minimum absolute atomic E-state index is 0.0712. The average molecular weight is 641 g/mol. The van der Waals surface area contributed by atoms with E-state index in [1.807, 2.05) is 12.1 Å². The van der Waals surface area contributed by atoms with E-state index in [2.05, 4.69) is 10.2 Å². The number of amides is 3. The summed E-state index contributed by atoms with van der Waals surface area (Å²) in [7, 11) is 0. The summed E-state index contributed by atoms with van der Waals surface area (Å²) in [5.74, 6) is -3.35. The van der Waals surface area contributed by atoms with E-state index in [0.29, 0.717) is 35.2 Å². The molecule has 4 aromatic carbocycles. The number of hydrogen-bond acceptors (Lipinski definition) is 6. The topological polar surface area (TPSA) is 99.3 Å². The monoisotopic (exact) mass is 640 g/mol. The second-order valence-electron chi connectivity index (χ2n) is 11.0. The minimum atomic E-state index is -1.30. The van der Waals surface area contributed by atoms with Gasteiger partial charge in [-0.15, -0.1) is 0 Å². The number of rotatable bonds is 9. The van der Waals surface area contributed by atoms with Crippen molar-refractivity contribution in [1.82, 2.24) is 4.90 Å². The Morgan fingerprint density at radius 1 is 0.913 bits per heavy atom. The molecule has 0 spiro atoms. The maximum absolute atomic E-state index is 14.6. The summed E-state index contributed by atoms with van der Waals surface area (Å²) in [4.78, 5) is 58.6. The van der Waals surface area contributed by atoms with E-state index in [1.54, 1.807) is 60.7 Å². The van der Waals surface area contributed by atoms with Gasteiger partial charge in [0.05, 0.1) is 24.5 Å². The number of benzene rings is 4. The summed E-state index contributed by atoms with van der Waals surface area (Å²) in [5.41, 5.74) is 2.85. The van der Waals surface area contributed by atoms with Crippen LogP contribution in [0.4, 0.5) is 21.5 Å². The molecule has 0 aromatic heterocycles. The van der Waals surface area contributed by atoms with Gasteiger partial charge in [0, 0.05) is 36.0 Å². The van der Waals surface area contributed by atoms with E-state index in [0.717, 1.165) is 23.7 Å². The Labute approximate surface area is 270 Å². The van der Waals surface area contributed by atoms with Gasteiger partial charge in [-0.25, -0.2) is 4.39 Å². The van der Waals surface area contributed by atoms with Gasteiger partial charge in [0.15, 0.2) is 0 Å². The average Bonchev–Trinajstić information content (AvgIpc) is 3.31. The smallest absolute Gasteiger partial charge is 0.299 e. The fourth-order valence-corrected chi connectivity index (χ4v) is 5.80. The molecule has 3 amide bonds. The number of ether oxygens (including phenoxy) is 1. The van der Waals surface area contributed by atoms with E-state index >= 15 is 0 Å². The molecule has 9 nitrogen and oxygen atoms in total. The number of carbonyl (C=O) groups is 4. The first-order chi connectivity index (χ1) is 22.3. The van der Waals surface area contributed by atoms with Crippen molar-refractivity contribution in [3.63, 3.8) is 0 Å². The van der Waals surface area contributed by atoms with Crippen LogP contribution >= 0.6 is 11.6 Å². The fraction of sp³-hybridized carbons (Fsp3) is 0.200. The highest BCUT2D eigenvalue weighted by Crippen LogP contribution is 2.31. The van der Waals surface area contributed by atoms with Crippen molar-refractivity contribution >= 4 is 52.2 Å². The normalized spacial score (nSPS) is 15.0. The number of nitrogens with zero attached hydrogens (tertiary/aromatic N) is 3.